The number of esters is 1. The third-order valence-corrected chi connectivity index (χ3v) is 2.87. The first-order valence-corrected chi connectivity index (χ1v) is 4.99. The average Bonchev–Trinajstić information content (AvgIpc) is 2.84. The number of halogens is 2. The maximum Gasteiger partial charge on any atom is 0.310 e. The minimum Gasteiger partial charge on any atom is -0.469 e. The highest BCUT2D eigenvalue weighted by molar-refractivity contribution is 5.85. The SMILES string of the molecule is COC(=O)C1CNCC1c1cnn(C)c1.Cl.Cl. The summed E-state index contributed by atoms with van der Waals surface area (Å²) >= 11 is 0. The van der Waals surface area contributed by atoms with Crippen molar-refractivity contribution in [2.24, 2.45) is 13.0 Å². The van der Waals surface area contributed by atoms with Gasteiger partial charge in [-0.1, -0.05) is 0 Å². The number of aromatic nitrogens is 2. The van der Waals surface area contributed by atoms with Crippen LogP contribution in [-0.4, -0.2) is 35.9 Å². The normalized spacial score (nSPS) is 22.5. The third-order valence-electron chi connectivity index (χ3n) is 2.87. The van der Waals surface area contributed by atoms with Crippen LogP contribution in [0.25, 0.3) is 0 Å². The molecule has 1 aromatic rings. The number of rotatable bonds is 2. The maximum atomic E-state index is 11.5. The quantitative estimate of drug-likeness (QED) is 0.813. The van der Waals surface area contributed by atoms with E-state index in [4.69, 9.17) is 4.74 Å². The third kappa shape index (κ3) is 3.34. The van der Waals surface area contributed by atoms with E-state index >= 15 is 0 Å². The molecule has 0 radical (unpaired) electrons. The smallest absolute Gasteiger partial charge is 0.310 e. The highest BCUT2D eigenvalue weighted by Crippen LogP contribution is 2.28. The summed E-state index contributed by atoms with van der Waals surface area (Å²) in [6.07, 6.45) is 3.77. The lowest BCUT2D eigenvalue weighted by Crippen LogP contribution is -2.22. The molecule has 0 saturated carbocycles. The second-order valence-electron chi connectivity index (χ2n) is 3.84. The van der Waals surface area contributed by atoms with Gasteiger partial charge in [0, 0.05) is 32.3 Å². The van der Waals surface area contributed by atoms with Crippen molar-refractivity contribution in [2.75, 3.05) is 20.2 Å². The maximum absolute atomic E-state index is 11.5. The van der Waals surface area contributed by atoms with Crippen LogP contribution in [0.4, 0.5) is 0 Å². The Balaban J connectivity index is 0.00000128. The molecule has 2 heterocycles. The number of carbonyl (C=O) groups is 1. The van der Waals surface area contributed by atoms with E-state index in [9.17, 15) is 4.79 Å². The molecule has 1 aromatic heterocycles. The lowest BCUT2D eigenvalue weighted by atomic mass is 9.91. The van der Waals surface area contributed by atoms with Crippen LogP contribution in [0.1, 0.15) is 11.5 Å². The molecule has 2 atom stereocenters. The molecule has 0 spiro atoms. The number of nitrogens with zero attached hydrogens (tertiary/aromatic N) is 2. The molecule has 2 rings (SSSR count). The van der Waals surface area contributed by atoms with Gasteiger partial charge in [-0.05, 0) is 5.56 Å². The Morgan fingerprint density at radius 2 is 2.24 bits per heavy atom. The Morgan fingerprint density at radius 3 is 2.76 bits per heavy atom. The Labute approximate surface area is 113 Å². The Bertz CT molecular complexity index is 370. The predicted octanol–water partition coefficient (Wildman–Crippen LogP) is 0.740. The van der Waals surface area contributed by atoms with Crippen molar-refractivity contribution in [3.05, 3.63) is 18.0 Å². The van der Waals surface area contributed by atoms with Crippen molar-refractivity contribution in [1.82, 2.24) is 15.1 Å². The summed E-state index contributed by atoms with van der Waals surface area (Å²) in [6.45, 7) is 1.50. The molecule has 1 aliphatic rings. The summed E-state index contributed by atoms with van der Waals surface area (Å²) < 4.78 is 6.54. The first kappa shape index (κ1) is 16.2. The van der Waals surface area contributed by atoms with Crippen molar-refractivity contribution in [2.45, 2.75) is 5.92 Å². The van der Waals surface area contributed by atoms with Gasteiger partial charge in [0.15, 0.2) is 0 Å². The predicted molar refractivity (Wildman–Crippen MR) is 68.8 cm³/mol. The van der Waals surface area contributed by atoms with Gasteiger partial charge in [-0.2, -0.15) is 5.10 Å². The van der Waals surface area contributed by atoms with E-state index in [0.29, 0.717) is 6.54 Å². The number of ether oxygens (including phenoxy) is 1. The van der Waals surface area contributed by atoms with Gasteiger partial charge in [0.2, 0.25) is 0 Å². The van der Waals surface area contributed by atoms with Crippen LogP contribution in [-0.2, 0) is 16.6 Å². The molecule has 1 N–H and O–H groups in total. The zero-order chi connectivity index (χ0) is 10.8. The summed E-state index contributed by atoms with van der Waals surface area (Å²) in [6, 6.07) is 0. The van der Waals surface area contributed by atoms with Gasteiger partial charge >= 0.3 is 5.97 Å². The molecule has 0 bridgehead atoms. The van der Waals surface area contributed by atoms with Crippen LogP contribution in [0.5, 0.6) is 0 Å². The largest absolute Gasteiger partial charge is 0.469 e. The lowest BCUT2D eigenvalue weighted by Gasteiger charge is -2.14. The molecule has 98 valence electrons. The van der Waals surface area contributed by atoms with Crippen molar-refractivity contribution < 1.29 is 9.53 Å². The first-order chi connectivity index (χ1) is 7.22. The highest BCUT2D eigenvalue weighted by Gasteiger charge is 2.35. The molecule has 5 nitrogen and oxygen atoms in total. The molecule has 7 heteroatoms. The minimum atomic E-state index is -0.145. The minimum absolute atomic E-state index is 0. The molecule has 17 heavy (non-hydrogen) atoms. The van der Waals surface area contributed by atoms with Crippen molar-refractivity contribution in [1.29, 1.82) is 0 Å². The first-order valence-electron chi connectivity index (χ1n) is 4.99. The van der Waals surface area contributed by atoms with E-state index < -0.39 is 0 Å². The van der Waals surface area contributed by atoms with E-state index in [1.807, 2.05) is 19.4 Å². The average molecular weight is 282 g/mol. The molecule has 1 aliphatic heterocycles. The van der Waals surface area contributed by atoms with Gasteiger partial charge in [0.1, 0.15) is 0 Å². The molecule has 0 aliphatic carbocycles. The molecule has 2 unspecified atom stereocenters. The molecular weight excluding hydrogens is 265 g/mol. The second-order valence-corrected chi connectivity index (χ2v) is 3.84. The van der Waals surface area contributed by atoms with Crippen LogP contribution in [0, 0.1) is 5.92 Å². The topological polar surface area (TPSA) is 56.1 Å². The van der Waals surface area contributed by atoms with Gasteiger partial charge in [-0.25, -0.2) is 0 Å². The monoisotopic (exact) mass is 281 g/mol. The van der Waals surface area contributed by atoms with E-state index in [2.05, 4.69) is 10.4 Å². The molecule has 1 saturated heterocycles. The number of nitrogens with one attached hydrogen (secondary N) is 1. The zero-order valence-electron chi connectivity index (χ0n) is 9.75. The van der Waals surface area contributed by atoms with Crippen LogP contribution in [0.2, 0.25) is 0 Å². The van der Waals surface area contributed by atoms with Gasteiger partial charge in [0.25, 0.3) is 0 Å². The fourth-order valence-electron chi connectivity index (χ4n) is 2.06. The number of hydrogen-bond donors (Lipinski definition) is 1. The summed E-state index contributed by atoms with van der Waals surface area (Å²) in [5.41, 5.74) is 1.10. The van der Waals surface area contributed by atoms with Crippen LogP contribution < -0.4 is 5.32 Å². The van der Waals surface area contributed by atoms with Gasteiger partial charge in [0.05, 0.1) is 19.2 Å². The van der Waals surface area contributed by atoms with Crippen molar-refractivity contribution >= 4 is 30.8 Å². The number of hydrogen-bond acceptors (Lipinski definition) is 4. The van der Waals surface area contributed by atoms with Crippen LogP contribution in [0.15, 0.2) is 12.4 Å². The summed E-state index contributed by atoms with van der Waals surface area (Å²) in [7, 11) is 3.31. The lowest BCUT2D eigenvalue weighted by molar-refractivity contribution is -0.145. The fourth-order valence-corrected chi connectivity index (χ4v) is 2.06. The fraction of sp³-hybridized carbons (Fsp3) is 0.600. The van der Waals surface area contributed by atoms with Crippen LogP contribution >= 0.6 is 24.8 Å². The van der Waals surface area contributed by atoms with Crippen molar-refractivity contribution in [3.8, 4) is 0 Å². The second kappa shape index (κ2) is 6.83. The van der Waals surface area contributed by atoms with Gasteiger partial charge < -0.3 is 10.1 Å². The summed E-state index contributed by atoms with van der Waals surface area (Å²) in [5.74, 6) is -0.0424. The molecule has 0 amide bonds. The van der Waals surface area contributed by atoms with E-state index in [1.165, 1.54) is 7.11 Å². The van der Waals surface area contributed by atoms with Gasteiger partial charge in [-0.15, -0.1) is 24.8 Å². The van der Waals surface area contributed by atoms with Gasteiger partial charge in [-0.3, -0.25) is 9.48 Å². The summed E-state index contributed by atoms with van der Waals surface area (Å²) in [4.78, 5) is 11.5. The molecule has 1 fully saturated rings. The Hall–Kier alpha value is -0.780. The molecular formula is C10H17Cl2N3O2. The van der Waals surface area contributed by atoms with E-state index in [0.717, 1.165) is 12.1 Å². The number of methoxy groups -OCH3 is 1. The Morgan fingerprint density at radius 1 is 1.53 bits per heavy atom. The standard InChI is InChI=1S/C10H15N3O2.2ClH/c1-13-6-7(3-12-13)8-4-11-5-9(8)10(14)15-2;;/h3,6,8-9,11H,4-5H2,1-2H3;2*1H. The van der Waals surface area contributed by atoms with Crippen LogP contribution in [0.3, 0.4) is 0 Å². The van der Waals surface area contributed by atoms with Crippen molar-refractivity contribution in [3.63, 3.8) is 0 Å². The number of aryl methyl sites for hydroxylation is 1. The summed E-state index contributed by atoms with van der Waals surface area (Å²) in [5, 5.41) is 7.33. The van der Waals surface area contributed by atoms with E-state index in [1.54, 1.807) is 4.68 Å². The highest BCUT2D eigenvalue weighted by atomic mass is 35.5. The van der Waals surface area contributed by atoms with E-state index in [-0.39, 0.29) is 42.6 Å². The molecule has 0 aromatic carbocycles. The zero-order valence-corrected chi connectivity index (χ0v) is 11.4. The Kier molecular flexibility index (Phi) is 6.52. The number of carbonyl (C=O) groups excluding carboxylic acids is 1.